The van der Waals surface area contributed by atoms with E-state index in [2.05, 4.69) is 9.97 Å². The molecule has 168 valence electrons. The van der Waals surface area contributed by atoms with Crippen LogP contribution in [0, 0.1) is 5.92 Å². The van der Waals surface area contributed by atoms with Gasteiger partial charge in [-0.1, -0.05) is 32.0 Å². The summed E-state index contributed by atoms with van der Waals surface area (Å²) in [4.78, 5) is 45.5. The van der Waals surface area contributed by atoms with Gasteiger partial charge in [0.2, 0.25) is 11.9 Å². The minimum Gasteiger partial charge on any atom is -0.459 e. The van der Waals surface area contributed by atoms with Crippen LogP contribution >= 0.6 is 0 Å². The van der Waals surface area contributed by atoms with Crippen molar-refractivity contribution in [1.29, 1.82) is 0 Å². The Balaban J connectivity index is 1.53. The number of hydrogen-bond donors (Lipinski definition) is 2. The smallest absolute Gasteiger partial charge is 0.338 e. The Kier molecular flexibility index (Phi) is 5.76. The lowest BCUT2D eigenvalue weighted by Gasteiger charge is -2.16. The molecule has 0 unspecified atom stereocenters. The molecule has 0 aliphatic carbocycles. The van der Waals surface area contributed by atoms with E-state index in [0.717, 1.165) is 4.57 Å². The van der Waals surface area contributed by atoms with Crippen LogP contribution < -0.4 is 11.3 Å². The number of nitrogen functional groups attached to an aromatic ring is 1. The van der Waals surface area contributed by atoms with Crippen LogP contribution in [-0.4, -0.2) is 54.9 Å². The summed E-state index contributed by atoms with van der Waals surface area (Å²) in [6.07, 6.45) is -0.891. The van der Waals surface area contributed by atoms with Crippen LogP contribution in [0.3, 0.4) is 0 Å². The molecule has 1 saturated heterocycles. The monoisotopic (exact) mass is 441 g/mol. The maximum Gasteiger partial charge on any atom is 0.338 e. The van der Waals surface area contributed by atoms with Gasteiger partial charge in [-0.25, -0.2) is 14.3 Å². The molecule has 1 aliphatic heterocycles. The molecule has 0 spiro atoms. The molecule has 4 rings (SSSR count). The number of nitrogens with two attached hydrogens (primary N) is 1. The summed E-state index contributed by atoms with van der Waals surface area (Å²) in [6.45, 7) is 3.15. The summed E-state index contributed by atoms with van der Waals surface area (Å²) in [5.74, 6) is -1.72. The Labute approximate surface area is 182 Å². The van der Waals surface area contributed by atoms with E-state index in [1.54, 1.807) is 44.2 Å². The van der Waals surface area contributed by atoms with Gasteiger partial charge in [0, 0.05) is 12.3 Å². The Morgan fingerprint density at radius 3 is 2.72 bits per heavy atom. The minimum absolute atomic E-state index is 0.0368. The normalized spacial score (nSPS) is 20.7. The molecule has 1 aromatic carbocycles. The molecule has 3 atom stereocenters. The second-order valence-corrected chi connectivity index (χ2v) is 7.82. The third kappa shape index (κ3) is 3.87. The lowest BCUT2D eigenvalue weighted by atomic mass is 10.2. The van der Waals surface area contributed by atoms with Crippen LogP contribution in [0.1, 0.15) is 41.6 Å². The summed E-state index contributed by atoms with van der Waals surface area (Å²) in [7, 11) is 0. The number of nitrogens with zero attached hydrogens (tertiary/aromatic N) is 4. The quantitative estimate of drug-likeness (QED) is 0.552. The number of rotatable bonds is 5. The van der Waals surface area contributed by atoms with Gasteiger partial charge in [-0.2, -0.15) is 4.98 Å². The van der Waals surface area contributed by atoms with Crippen LogP contribution in [0.15, 0.2) is 41.5 Å². The average molecular weight is 441 g/mol. The van der Waals surface area contributed by atoms with Crippen LogP contribution in [-0.2, 0) is 9.47 Å². The largest absolute Gasteiger partial charge is 0.459 e. The second kappa shape index (κ2) is 8.52. The topological polar surface area (TPSA) is 152 Å². The Morgan fingerprint density at radius 1 is 1.31 bits per heavy atom. The number of imidazole rings is 1. The molecule has 0 saturated carbocycles. The molecule has 2 aromatic heterocycles. The molecule has 11 heteroatoms. The molecule has 3 N–H and O–H groups in total. The summed E-state index contributed by atoms with van der Waals surface area (Å²) < 4.78 is 13.4. The van der Waals surface area contributed by atoms with Crippen molar-refractivity contribution in [1.82, 2.24) is 19.1 Å². The van der Waals surface area contributed by atoms with Gasteiger partial charge in [0.1, 0.15) is 18.9 Å². The zero-order chi connectivity index (χ0) is 23.0. The van der Waals surface area contributed by atoms with E-state index < -0.39 is 41.8 Å². The third-order valence-corrected chi connectivity index (χ3v) is 5.24. The molecular formula is C21H23N5O6. The molecule has 1 fully saturated rings. The number of hydrogen-bond acceptors (Lipinski definition) is 9. The molecule has 1 aliphatic rings. The number of benzene rings is 1. The van der Waals surface area contributed by atoms with Gasteiger partial charge in [0.05, 0.1) is 18.0 Å². The second-order valence-electron chi connectivity index (χ2n) is 7.82. The number of ether oxygens (including phenoxy) is 2. The molecular weight excluding hydrogens is 418 g/mol. The molecule has 11 nitrogen and oxygen atoms in total. The van der Waals surface area contributed by atoms with Crippen molar-refractivity contribution in [3.05, 3.63) is 52.6 Å². The van der Waals surface area contributed by atoms with Crippen molar-refractivity contribution in [3.8, 4) is 0 Å². The molecule has 0 amide bonds. The zero-order valence-electron chi connectivity index (χ0n) is 17.5. The van der Waals surface area contributed by atoms with E-state index >= 15 is 0 Å². The van der Waals surface area contributed by atoms with E-state index in [1.807, 2.05) is 0 Å². The third-order valence-electron chi connectivity index (χ3n) is 5.24. The lowest BCUT2D eigenvalue weighted by Crippen LogP contribution is -2.33. The number of aliphatic hydroxyl groups excluding tert-OH is 1. The first-order valence-corrected chi connectivity index (χ1v) is 10.1. The van der Waals surface area contributed by atoms with Crippen molar-refractivity contribution >= 4 is 29.0 Å². The molecule has 3 aromatic rings. The fourth-order valence-electron chi connectivity index (χ4n) is 3.52. The van der Waals surface area contributed by atoms with Gasteiger partial charge in [-0.3, -0.25) is 14.2 Å². The molecule has 32 heavy (non-hydrogen) atoms. The van der Waals surface area contributed by atoms with Crippen molar-refractivity contribution in [3.63, 3.8) is 0 Å². The number of aromatic nitrogens is 4. The van der Waals surface area contributed by atoms with E-state index in [1.165, 1.54) is 10.9 Å². The van der Waals surface area contributed by atoms with Gasteiger partial charge in [-0.05, 0) is 12.1 Å². The van der Waals surface area contributed by atoms with Gasteiger partial charge >= 0.3 is 5.97 Å². The van der Waals surface area contributed by atoms with Gasteiger partial charge < -0.3 is 20.3 Å². The fourth-order valence-corrected chi connectivity index (χ4v) is 3.52. The highest BCUT2D eigenvalue weighted by Gasteiger charge is 2.37. The van der Waals surface area contributed by atoms with E-state index in [4.69, 9.17) is 15.2 Å². The number of esters is 1. The number of carbonyl (C=O) groups is 2. The average Bonchev–Trinajstić information content (AvgIpc) is 3.35. The number of aliphatic hydroxyl groups is 1. The maximum absolute atomic E-state index is 12.8. The van der Waals surface area contributed by atoms with Crippen LogP contribution in [0.5, 0.6) is 0 Å². The SMILES string of the molecule is CC(C)C(=O)n1c(N)nc2c(ncn2[C@H]2C[C@@H](O)[C@@H](COC(=O)c3ccccc3)O2)c1=O. The number of carbonyl (C=O) groups excluding carboxylic acids is 2. The summed E-state index contributed by atoms with van der Waals surface area (Å²) in [6, 6.07) is 8.48. The van der Waals surface area contributed by atoms with Gasteiger partial charge in [0.15, 0.2) is 11.2 Å². The fraction of sp³-hybridized carbons (Fsp3) is 0.381. The van der Waals surface area contributed by atoms with Gasteiger partial charge in [0.25, 0.3) is 5.56 Å². The Hall–Kier alpha value is -3.57. The van der Waals surface area contributed by atoms with Crippen LogP contribution in [0.4, 0.5) is 5.95 Å². The Bertz CT molecular complexity index is 1220. The predicted molar refractivity (Wildman–Crippen MR) is 113 cm³/mol. The van der Waals surface area contributed by atoms with Crippen LogP contribution in [0.25, 0.3) is 11.2 Å². The summed E-state index contributed by atoms with van der Waals surface area (Å²) >= 11 is 0. The lowest BCUT2D eigenvalue weighted by molar-refractivity contribution is -0.0509. The van der Waals surface area contributed by atoms with E-state index in [0.29, 0.717) is 5.56 Å². The van der Waals surface area contributed by atoms with Crippen molar-refractivity contribution in [2.24, 2.45) is 5.92 Å². The minimum atomic E-state index is -0.916. The van der Waals surface area contributed by atoms with Gasteiger partial charge in [-0.15, -0.1) is 0 Å². The van der Waals surface area contributed by atoms with Crippen molar-refractivity contribution < 1.29 is 24.2 Å². The van der Waals surface area contributed by atoms with E-state index in [9.17, 15) is 19.5 Å². The maximum atomic E-state index is 12.8. The molecule has 0 bridgehead atoms. The summed E-state index contributed by atoms with van der Waals surface area (Å²) in [5, 5.41) is 10.4. The van der Waals surface area contributed by atoms with E-state index in [-0.39, 0.29) is 30.1 Å². The van der Waals surface area contributed by atoms with Crippen molar-refractivity contribution in [2.75, 3.05) is 12.3 Å². The van der Waals surface area contributed by atoms with Crippen LogP contribution in [0.2, 0.25) is 0 Å². The number of anilines is 1. The van der Waals surface area contributed by atoms with Crippen molar-refractivity contribution in [2.45, 2.75) is 38.7 Å². The summed E-state index contributed by atoms with van der Waals surface area (Å²) in [5.41, 5.74) is 5.71. The highest BCUT2D eigenvalue weighted by atomic mass is 16.6. The molecule has 0 radical (unpaired) electrons. The highest BCUT2D eigenvalue weighted by molar-refractivity contribution is 5.89. The first-order chi connectivity index (χ1) is 15.3. The predicted octanol–water partition coefficient (Wildman–Crippen LogP) is 0.977. The number of fused-ring (bicyclic) bond motifs is 1. The first kappa shape index (κ1) is 21.7. The highest BCUT2D eigenvalue weighted by Crippen LogP contribution is 2.31. The molecule has 3 heterocycles. The first-order valence-electron chi connectivity index (χ1n) is 10.1. The zero-order valence-corrected chi connectivity index (χ0v) is 17.5. The Morgan fingerprint density at radius 2 is 2.03 bits per heavy atom. The standard InChI is InChI=1S/C21H23N5O6/c1-11(2)18(28)26-19(29)16-17(24-21(26)22)25(10-23-16)15-8-13(27)14(32-15)9-31-20(30)12-6-4-3-5-7-12/h3-7,10-11,13-15,27H,8-9H2,1-2H3,(H2,22,24)/t13-,14-,15-/m1/s1.